The summed E-state index contributed by atoms with van der Waals surface area (Å²) in [5.74, 6) is 0. The fourth-order valence-electron chi connectivity index (χ4n) is 1.89. The van der Waals surface area contributed by atoms with Crippen LogP contribution in [0.2, 0.25) is 0 Å². The lowest BCUT2D eigenvalue weighted by Gasteiger charge is -2.32. The highest BCUT2D eigenvalue weighted by atomic mass is 32.1. The molecule has 1 aromatic rings. The van der Waals surface area contributed by atoms with Gasteiger partial charge in [0.1, 0.15) is 0 Å². The van der Waals surface area contributed by atoms with E-state index < -0.39 is 0 Å². The highest BCUT2D eigenvalue weighted by molar-refractivity contribution is 7.11. The maximum atomic E-state index is 4.44. The molecule has 1 aliphatic heterocycles. The number of thiazole rings is 1. The summed E-state index contributed by atoms with van der Waals surface area (Å²) in [6, 6.07) is 0. The Hall–Kier alpha value is -0.490. The largest absolute Gasteiger partial charge is 0.304 e. The van der Waals surface area contributed by atoms with Crippen LogP contribution >= 0.6 is 11.3 Å². The van der Waals surface area contributed by atoms with E-state index in [0.717, 1.165) is 37.7 Å². The standard InChI is InChI=1S/C11H20N4S/c1-9-11(16-10(2)13-9)8-12-15-6-4-14(3)5-7-15/h12H,4-8H2,1-3H3. The molecule has 16 heavy (non-hydrogen) atoms. The van der Waals surface area contributed by atoms with Crippen LogP contribution in [0, 0.1) is 13.8 Å². The van der Waals surface area contributed by atoms with Crippen molar-refractivity contribution in [2.45, 2.75) is 20.4 Å². The highest BCUT2D eigenvalue weighted by Gasteiger charge is 2.13. The van der Waals surface area contributed by atoms with Crippen molar-refractivity contribution in [3.8, 4) is 0 Å². The van der Waals surface area contributed by atoms with E-state index in [2.05, 4.69) is 41.2 Å². The molecule has 1 fully saturated rings. The Labute approximate surface area is 101 Å². The Morgan fingerprint density at radius 1 is 1.25 bits per heavy atom. The van der Waals surface area contributed by atoms with Gasteiger partial charge in [0.05, 0.1) is 10.7 Å². The Bertz CT molecular complexity index is 342. The van der Waals surface area contributed by atoms with Crippen molar-refractivity contribution in [1.82, 2.24) is 20.3 Å². The fourth-order valence-corrected chi connectivity index (χ4v) is 2.75. The molecule has 90 valence electrons. The van der Waals surface area contributed by atoms with Gasteiger partial charge in [-0.15, -0.1) is 11.3 Å². The summed E-state index contributed by atoms with van der Waals surface area (Å²) in [5, 5.41) is 3.47. The van der Waals surface area contributed by atoms with Gasteiger partial charge in [-0.05, 0) is 20.9 Å². The summed E-state index contributed by atoms with van der Waals surface area (Å²) in [6.45, 7) is 9.57. The molecule has 0 atom stereocenters. The van der Waals surface area contributed by atoms with E-state index in [1.165, 1.54) is 10.6 Å². The minimum absolute atomic E-state index is 0.918. The average Bonchev–Trinajstić information content (AvgIpc) is 2.57. The highest BCUT2D eigenvalue weighted by Crippen LogP contribution is 2.16. The zero-order valence-electron chi connectivity index (χ0n) is 10.3. The molecule has 0 radical (unpaired) electrons. The smallest absolute Gasteiger partial charge is 0.0900 e. The van der Waals surface area contributed by atoms with Gasteiger partial charge in [0, 0.05) is 37.6 Å². The average molecular weight is 240 g/mol. The summed E-state index contributed by atoms with van der Waals surface area (Å²) in [6.07, 6.45) is 0. The molecule has 2 rings (SSSR count). The molecule has 1 aromatic heterocycles. The molecular formula is C11H20N4S. The van der Waals surface area contributed by atoms with E-state index in [1.807, 2.05) is 0 Å². The molecule has 5 heteroatoms. The zero-order valence-corrected chi connectivity index (χ0v) is 11.1. The van der Waals surface area contributed by atoms with Crippen molar-refractivity contribution in [1.29, 1.82) is 0 Å². The molecule has 0 bridgehead atoms. The predicted octanol–water partition coefficient (Wildman–Crippen LogP) is 1.01. The number of rotatable bonds is 3. The number of hydrogen-bond donors (Lipinski definition) is 1. The molecule has 0 spiro atoms. The van der Waals surface area contributed by atoms with Gasteiger partial charge >= 0.3 is 0 Å². The number of nitrogens with zero attached hydrogens (tertiary/aromatic N) is 3. The first kappa shape index (κ1) is 12.0. The number of nitrogens with one attached hydrogen (secondary N) is 1. The van der Waals surface area contributed by atoms with Crippen molar-refractivity contribution < 1.29 is 0 Å². The molecule has 0 unspecified atom stereocenters. The SMILES string of the molecule is Cc1nc(C)c(CNN2CCN(C)CC2)s1. The third-order valence-corrected chi connectivity index (χ3v) is 4.04. The monoisotopic (exact) mass is 240 g/mol. The van der Waals surface area contributed by atoms with Crippen molar-refractivity contribution in [3.63, 3.8) is 0 Å². The van der Waals surface area contributed by atoms with E-state index >= 15 is 0 Å². The van der Waals surface area contributed by atoms with Crippen molar-refractivity contribution in [3.05, 3.63) is 15.6 Å². The molecule has 0 saturated carbocycles. The molecule has 1 aliphatic rings. The molecule has 1 saturated heterocycles. The van der Waals surface area contributed by atoms with Gasteiger partial charge in [-0.25, -0.2) is 15.4 Å². The Balaban J connectivity index is 1.81. The first-order valence-corrected chi connectivity index (χ1v) is 6.56. The predicted molar refractivity (Wildman–Crippen MR) is 67.5 cm³/mol. The molecule has 1 N–H and O–H groups in total. The Kier molecular flexibility index (Phi) is 3.91. The van der Waals surface area contributed by atoms with Crippen LogP contribution < -0.4 is 5.43 Å². The van der Waals surface area contributed by atoms with Gasteiger partial charge in [0.2, 0.25) is 0 Å². The second-order valence-electron chi connectivity index (χ2n) is 4.37. The number of aryl methyl sites for hydroxylation is 2. The molecule has 0 amide bonds. The van der Waals surface area contributed by atoms with Gasteiger partial charge in [-0.3, -0.25) is 0 Å². The van der Waals surface area contributed by atoms with Gasteiger partial charge in [-0.1, -0.05) is 0 Å². The van der Waals surface area contributed by atoms with Crippen molar-refractivity contribution in [2.24, 2.45) is 0 Å². The molecule has 0 aliphatic carbocycles. The van der Waals surface area contributed by atoms with Crippen LogP contribution in [0.15, 0.2) is 0 Å². The van der Waals surface area contributed by atoms with Crippen molar-refractivity contribution >= 4 is 11.3 Å². The normalized spacial score (nSPS) is 19.2. The summed E-state index contributed by atoms with van der Waals surface area (Å²) in [7, 11) is 2.17. The maximum Gasteiger partial charge on any atom is 0.0900 e. The molecular weight excluding hydrogens is 220 g/mol. The third kappa shape index (κ3) is 3.01. The van der Waals surface area contributed by atoms with E-state index in [-0.39, 0.29) is 0 Å². The summed E-state index contributed by atoms with van der Waals surface area (Å²) < 4.78 is 0. The zero-order chi connectivity index (χ0) is 11.5. The van der Waals surface area contributed by atoms with Crippen LogP contribution in [0.25, 0.3) is 0 Å². The van der Waals surface area contributed by atoms with Crippen LogP contribution in [-0.4, -0.2) is 48.1 Å². The van der Waals surface area contributed by atoms with Gasteiger partial charge < -0.3 is 4.90 Å². The van der Waals surface area contributed by atoms with Crippen LogP contribution in [0.4, 0.5) is 0 Å². The van der Waals surface area contributed by atoms with Gasteiger partial charge in [0.25, 0.3) is 0 Å². The van der Waals surface area contributed by atoms with Gasteiger partial charge in [0.15, 0.2) is 0 Å². The first-order valence-electron chi connectivity index (χ1n) is 5.75. The second-order valence-corrected chi connectivity index (χ2v) is 5.65. The van der Waals surface area contributed by atoms with E-state index in [0.29, 0.717) is 0 Å². The van der Waals surface area contributed by atoms with Crippen LogP contribution in [0.3, 0.4) is 0 Å². The van der Waals surface area contributed by atoms with Gasteiger partial charge in [-0.2, -0.15) is 0 Å². The van der Waals surface area contributed by atoms with E-state index in [4.69, 9.17) is 0 Å². The number of likely N-dealkylation sites (N-methyl/N-ethyl adjacent to an activating group) is 1. The second kappa shape index (κ2) is 5.23. The lowest BCUT2D eigenvalue weighted by Crippen LogP contribution is -2.50. The minimum atomic E-state index is 0.918. The first-order chi connectivity index (χ1) is 7.65. The van der Waals surface area contributed by atoms with E-state index in [9.17, 15) is 0 Å². The number of aromatic nitrogens is 1. The molecule has 4 nitrogen and oxygen atoms in total. The fraction of sp³-hybridized carbons (Fsp3) is 0.727. The van der Waals surface area contributed by atoms with E-state index in [1.54, 1.807) is 11.3 Å². The third-order valence-electron chi connectivity index (χ3n) is 2.97. The topological polar surface area (TPSA) is 31.4 Å². The number of hydrogen-bond acceptors (Lipinski definition) is 5. The molecule has 0 aromatic carbocycles. The lowest BCUT2D eigenvalue weighted by atomic mass is 10.4. The van der Waals surface area contributed by atoms with Crippen LogP contribution in [0.1, 0.15) is 15.6 Å². The van der Waals surface area contributed by atoms with Crippen molar-refractivity contribution in [2.75, 3.05) is 33.2 Å². The Morgan fingerprint density at radius 3 is 2.50 bits per heavy atom. The summed E-state index contributed by atoms with van der Waals surface area (Å²) >= 11 is 1.79. The lowest BCUT2D eigenvalue weighted by molar-refractivity contribution is 0.102. The Morgan fingerprint density at radius 2 is 1.94 bits per heavy atom. The van der Waals surface area contributed by atoms with Crippen LogP contribution in [0.5, 0.6) is 0 Å². The molecule has 2 heterocycles. The quantitative estimate of drug-likeness (QED) is 0.854. The summed E-state index contributed by atoms with van der Waals surface area (Å²) in [5.41, 5.74) is 4.66. The number of piperazine rings is 1. The number of hydrazine groups is 1. The summed E-state index contributed by atoms with van der Waals surface area (Å²) in [4.78, 5) is 8.16. The van der Waals surface area contributed by atoms with Crippen LogP contribution in [-0.2, 0) is 6.54 Å². The maximum absolute atomic E-state index is 4.44. The minimum Gasteiger partial charge on any atom is -0.304 e.